The third-order valence-corrected chi connectivity index (χ3v) is 3.38. The van der Waals surface area contributed by atoms with E-state index in [4.69, 9.17) is 10.5 Å². The summed E-state index contributed by atoms with van der Waals surface area (Å²) in [4.78, 5) is 0. The first-order valence-electron chi connectivity index (χ1n) is 6.31. The largest absolute Gasteiger partial charge is 0.398 e. The Labute approximate surface area is 106 Å². The van der Waals surface area contributed by atoms with Crippen LogP contribution in [0.1, 0.15) is 18.9 Å². The number of anilines is 1. The molecule has 4 nitrogen and oxygen atoms in total. The maximum Gasteiger partial charge on any atom is 0.0753 e. The van der Waals surface area contributed by atoms with Crippen molar-refractivity contribution in [2.24, 2.45) is 0 Å². The van der Waals surface area contributed by atoms with Crippen LogP contribution in [-0.2, 0) is 4.74 Å². The molecule has 2 aromatic rings. The van der Waals surface area contributed by atoms with Crippen LogP contribution < -0.4 is 5.73 Å². The van der Waals surface area contributed by atoms with Gasteiger partial charge in [0.1, 0.15) is 0 Å². The summed E-state index contributed by atoms with van der Waals surface area (Å²) in [7, 11) is 0. The summed E-state index contributed by atoms with van der Waals surface area (Å²) >= 11 is 0. The van der Waals surface area contributed by atoms with Gasteiger partial charge in [-0.2, -0.15) is 5.10 Å². The fraction of sp³-hybridized carbons (Fsp3) is 0.357. The minimum atomic E-state index is 0.359. The van der Waals surface area contributed by atoms with E-state index >= 15 is 0 Å². The number of nitrogens with two attached hydrogens (primary N) is 1. The number of aromatic nitrogens is 2. The fourth-order valence-corrected chi connectivity index (χ4v) is 2.37. The Bertz CT molecular complexity index is 529. The zero-order valence-electron chi connectivity index (χ0n) is 10.2. The maximum atomic E-state index is 5.98. The van der Waals surface area contributed by atoms with Gasteiger partial charge in [0.2, 0.25) is 0 Å². The molecule has 1 atom stereocenters. The van der Waals surface area contributed by atoms with Crippen molar-refractivity contribution in [2.45, 2.75) is 18.9 Å². The zero-order valence-corrected chi connectivity index (χ0v) is 10.2. The number of hydrogen-bond acceptors (Lipinski definition) is 3. The van der Waals surface area contributed by atoms with E-state index in [-0.39, 0.29) is 0 Å². The average Bonchev–Trinajstić information content (AvgIpc) is 2.90. The molecule has 2 N–H and O–H groups in total. The molecule has 0 aliphatic carbocycles. The molecule has 3 rings (SSSR count). The van der Waals surface area contributed by atoms with Crippen LogP contribution >= 0.6 is 0 Å². The Hall–Kier alpha value is -1.81. The van der Waals surface area contributed by atoms with Crippen molar-refractivity contribution in [2.75, 3.05) is 18.9 Å². The highest BCUT2D eigenvalue weighted by molar-refractivity contribution is 5.75. The van der Waals surface area contributed by atoms with Gasteiger partial charge in [0, 0.05) is 29.6 Å². The number of benzene rings is 1. The first-order valence-corrected chi connectivity index (χ1v) is 6.31. The summed E-state index contributed by atoms with van der Waals surface area (Å²) in [5.74, 6) is 0. The van der Waals surface area contributed by atoms with Gasteiger partial charge in [-0.3, -0.25) is 4.68 Å². The first kappa shape index (κ1) is 11.3. The van der Waals surface area contributed by atoms with Gasteiger partial charge in [0.15, 0.2) is 0 Å². The summed E-state index contributed by atoms with van der Waals surface area (Å²) in [6, 6.07) is 8.23. The van der Waals surface area contributed by atoms with E-state index in [9.17, 15) is 0 Å². The molecule has 0 radical (unpaired) electrons. The highest BCUT2D eigenvalue weighted by atomic mass is 16.5. The highest BCUT2D eigenvalue weighted by Gasteiger charge is 2.17. The van der Waals surface area contributed by atoms with Crippen LogP contribution in [0.15, 0.2) is 36.7 Å². The van der Waals surface area contributed by atoms with Crippen molar-refractivity contribution in [3.8, 4) is 11.1 Å². The molecule has 1 aliphatic rings. The van der Waals surface area contributed by atoms with E-state index in [2.05, 4.69) is 11.3 Å². The standard InChI is InChI=1S/C14H17N3O/c15-14-6-2-1-5-13(14)11-8-16-17(9-11)12-4-3-7-18-10-12/h1-2,5-6,8-9,12H,3-4,7,10,15H2. The van der Waals surface area contributed by atoms with Crippen LogP contribution in [0, 0.1) is 0 Å². The minimum Gasteiger partial charge on any atom is -0.398 e. The summed E-state index contributed by atoms with van der Waals surface area (Å²) in [5.41, 5.74) is 8.88. The maximum absolute atomic E-state index is 5.98. The second-order valence-corrected chi connectivity index (χ2v) is 4.67. The molecule has 0 spiro atoms. The number of rotatable bonds is 2. The van der Waals surface area contributed by atoms with Gasteiger partial charge in [-0.05, 0) is 18.9 Å². The third kappa shape index (κ3) is 2.11. The second kappa shape index (κ2) is 4.82. The van der Waals surface area contributed by atoms with Crippen LogP contribution in [0.2, 0.25) is 0 Å². The van der Waals surface area contributed by atoms with Gasteiger partial charge < -0.3 is 10.5 Å². The molecule has 1 saturated heterocycles. The highest BCUT2D eigenvalue weighted by Crippen LogP contribution is 2.27. The molecule has 1 unspecified atom stereocenters. The van der Waals surface area contributed by atoms with Crippen molar-refractivity contribution in [3.63, 3.8) is 0 Å². The van der Waals surface area contributed by atoms with Crippen molar-refractivity contribution >= 4 is 5.69 Å². The van der Waals surface area contributed by atoms with E-state index in [1.54, 1.807) is 0 Å². The molecule has 18 heavy (non-hydrogen) atoms. The number of ether oxygens (including phenoxy) is 1. The quantitative estimate of drug-likeness (QED) is 0.824. The molecule has 1 fully saturated rings. The lowest BCUT2D eigenvalue weighted by atomic mass is 10.1. The monoisotopic (exact) mass is 243 g/mol. The van der Waals surface area contributed by atoms with Gasteiger partial charge in [-0.15, -0.1) is 0 Å². The predicted molar refractivity (Wildman–Crippen MR) is 71.2 cm³/mol. The Kier molecular flexibility index (Phi) is 3.02. The molecular weight excluding hydrogens is 226 g/mol. The molecular formula is C14H17N3O. The SMILES string of the molecule is Nc1ccccc1-c1cnn(C2CCCOC2)c1. The minimum absolute atomic E-state index is 0.359. The van der Waals surface area contributed by atoms with Crippen LogP contribution in [0.25, 0.3) is 11.1 Å². The molecule has 0 saturated carbocycles. The smallest absolute Gasteiger partial charge is 0.0753 e. The van der Waals surface area contributed by atoms with Crippen LogP contribution in [0.3, 0.4) is 0 Å². The Morgan fingerprint density at radius 1 is 1.33 bits per heavy atom. The lowest BCUT2D eigenvalue weighted by Gasteiger charge is -2.22. The fourth-order valence-electron chi connectivity index (χ4n) is 2.37. The van der Waals surface area contributed by atoms with E-state index in [1.807, 2.05) is 35.1 Å². The van der Waals surface area contributed by atoms with Crippen LogP contribution in [-0.4, -0.2) is 23.0 Å². The van der Waals surface area contributed by atoms with Crippen molar-refractivity contribution in [1.29, 1.82) is 0 Å². The van der Waals surface area contributed by atoms with E-state index in [1.165, 1.54) is 0 Å². The summed E-state index contributed by atoms with van der Waals surface area (Å²) < 4.78 is 7.49. The Morgan fingerprint density at radius 2 is 2.22 bits per heavy atom. The lowest BCUT2D eigenvalue weighted by Crippen LogP contribution is -2.21. The van der Waals surface area contributed by atoms with Gasteiger partial charge in [0.05, 0.1) is 18.8 Å². The van der Waals surface area contributed by atoms with Gasteiger partial charge in [0.25, 0.3) is 0 Å². The van der Waals surface area contributed by atoms with Crippen LogP contribution in [0.5, 0.6) is 0 Å². The summed E-state index contributed by atoms with van der Waals surface area (Å²) in [6.45, 7) is 1.63. The third-order valence-electron chi connectivity index (χ3n) is 3.38. The molecule has 0 bridgehead atoms. The average molecular weight is 243 g/mol. The first-order chi connectivity index (χ1) is 8.84. The van der Waals surface area contributed by atoms with Crippen molar-refractivity contribution in [3.05, 3.63) is 36.7 Å². The van der Waals surface area contributed by atoms with E-state index < -0.39 is 0 Å². The zero-order chi connectivity index (χ0) is 12.4. The van der Waals surface area contributed by atoms with Gasteiger partial charge >= 0.3 is 0 Å². The predicted octanol–water partition coefficient (Wildman–Crippen LogP) is 2.48. The van der Waals surface area contributed by atoms with Gasteiger partial charge in [-0.25, -0.2) is 0 Å². The molecule has 94 valence electrons. The van der Waals surface area contributed by atoms with Crippen molar-refractivity contribution in [1.82, 2.24) is 9.78 Å². The number of nitrogens with zero attached hydrogens (tertiary/aromatic N) is 2. The molecule has 1 aromatic heterocycles. The molecule has 1 aromatic carbocycles. The molecule has 2 heterocycles. The van der Waals surface area contributed by atoms with E-state index in [0.29, 0.717) is 6.04 Å². The number of para-hydroxylation sites is 1. The summed E-state index contributed by atoms with van der Waals surface area (Å²) in [5, 5.41) is 4.44. The molecule has 4 heteroatoms. The number of nitrogen functional groups attached to an aromatic ring is 1. The molecule has 0 amide bonds. The Morgan fingerprint density at radius 3 is 3.00 bits per heavy atom. The topological polar surface area (TPSA) is 53.1 Å². The van der Waals surface area contributed by atoms with Gasteiger partial charge in [-0.1, -0.05) is 18.2 Å². The van der Waals surface area contributed by atoms with Crippen molar-refractivity contribution < 1.29 is 4.74 Å². The number of hydrogen-bond donors (Lipinski definition) is 1. The lowest BCUT2D eigenvalue weighted by molar-refractivity contribution is 0.0549. The normalized spacial score (nSPS) is 19.9. The van der Waals surface area contributed by atoms with E-state index in [0.717, 1.165) is 42.9 Å². The molecule has 1 aliphatic heterocycles. The second-order valence-electron chi connectivity index (χ2n) is 4.67. The van der Waals surface area contributed by atoms with Crippen LogP contribution in [0.4, 0.5) is 5.69 Å². The summed E-state index contributed by atoms with van der Waals surface area (Å²) in [6.07, 6.45) is 6.17. The Balaban J connectivity index is 1.87.